The molecule has 1 aromatic carbocycles. The maximum absolute atomic E-state index is 13.6. The van der Waals surface area contributed by atoms with E-state index in [1.54, 1.807) is 19.3 Å². The van der Waals surface area contributed by atoms with Gasteiger partial charge in [-0.3, -0.25) is 9.69 Å². The highest BCUT2D eigenvalue weighted by Crippen LogP contribution is 2.61. The molecule has 7 rings (SSSR count). The van der Waals surface area contributed by atoms with Gasteiger partial charge in [0, 0.05) is 31.6 Å². The van der Waals surface area contributed by atoms with Crippen molar-refractivity contribution in [3.8, 4) is 0 Å². The number of nitrogens with one attached hydrogen (secondary N) is 1. The quantitative estimate of drug-likeness (QED) is 0.697. The summed E-state index contributed by atoms with van der Waals surface area (Å²) in [4.78, 5) is 24.4. The minimum atomic E-state index is -0.163. The number of hydrogen-bond acceptors (Lipinski definition) is 4. The van der Waals surface area contributed by atoms with E-state index in [4.69, 9.17) is 0 Å². The zero-order valence-corrected chi connectivity index (χ0v) is 19.4. The topological polar surface area (TPSA) is 58.1 Å². The summed E-state index contributed by atoms with van der Waals surface area (Å²) in [6.07, 6.45) is 10.9. The predicted molar refractivity (Wildman–Crippen MR) is 125 cm³/mol. The lowest BCUT2D eigenvalue weighted by Gasteiger charge is -2.56. The molecule has 174 valence electrons. The minimum absolute atomic E-state index is 0.127. The molecular formula is C27H33FN4O. The lowest BCUT2D eigenvalue weighted by molar-refractivity contribution is -0.124. The molecule has 4 saturated carbocycles. The Kier molecular flexibility index (Phi) is 5.24. The second-order valence-electron chi connectivity index (χ2n) is 11.3. The van der Waals surface area contributed by atoms with Gasteiger partial charge in [0.05, 0.1) is 5.69 Å². The van der Waals surface area contributed by atoms with E-state index in [1.807, 2.05) is 12.1 Å². The molecule has 1 N–H and O–H groups in total. The summed E-state index contributed by atoms with van der Waals surface area (Å²) in [7, 11) is 0. The molecule has 0 radical (unpaired) electrons. The first-order chi connectivity index (χ1) is 15.9. The number of benzene rings is 1. The van der Waals surface area contributed by atoms with Crippen LogP contribution in [0.3, 0.4) is 0 Å². The smallest absolute Gasteiger partial charge is 0.226 e. The summed E-state index contributed by atoms with van der Waals surface area (Å²) in [5.74, 6) is 3.23. The first-order valence-corrected chi connectivity index (χ1v) is 12.5. The molecule has 0 unspecified atom stereocenters. The van der Waals surface area contributed by atoms with Crippen molar-refractivity contribution in [2.45, 2.75) is 71.4 Å². The van der Waals surface area contributed by atoms with Crippen molar-refractivity contribution >= 4 is 11.7 Å². The third kappa shape index (κ3) is 4.18. The van der Waals surface area contributed by atoms with Crippen molar-refractivity contribution < 1.29 is 9.18 Å². The Hall–Kier alpha value is -2.34. The van der Waals surface area contributed by atoms with Gasteiger partial charge in [-0.2, -0.15) is 0 Å². The van der Waals surface area contributed by atoms with Crippen LogP contribution in [0.4, 0.5) is 10.2 Å². The van der Waals surface area contributed by atoms with Gasteiger partial charge >= 0.3 is 0 Å². The number of rotatable bonds is 5. The number of carbonyl (C=O) groups excluding carboxylic acids is 1. The number of halogens is 1. The molecule has 1 aromatic heterocycles. The summed E-state index contributed by atoms with van der Waals surface area (Å²) in [6, 6.07) is 5.32. The molecule has 0 atom stereocenters. The Morgan fingerprint density at radius 1 is 1.15 bits per heavy atom. The zero-order valence-electron chi connectivity index (χ0n) is 19.4. The Bertz CT molecular complexity index is 1050. The number of nitrogens with zero attached hydrogens (tertiary/aromatic N) is 3. The standard InChI is InChI=1S/C27H33FN4O/c1-17-6-18(2-3-23(17)28)14-32-5-4-22-24(15-32)29-16-30-26(22)31-25(33)13-27-10-19-7-20(11-27)9-21(8-19)12-27/h2-3,6,16,19-21H,4-5,7-15H2,1H3,(H,29,30,31,33). The molecule has 0 spiro atoms. The molecule has 0 saturated heterocycles. The van der Waals surface area contributed by atoms with Gasteiger partial charge in [0.1, 0.15) is 18.0 Å². The van der Waals surface area contributed by atoms with Crippen molar-refractivity contribution in [3.05, 3.63) is 52.7 Å². The fourth-order valence-electron chi connectivity index (χ4n) is 7.74. The first kappa shape index (κ1) is 21.2. The largest absolute Gasteiger partial charge is 0.310 e. The third-order valence-corrected chi connectivity index (χ3v) is 8.67. The molecule has 1 amide bonds. The third-order valence-electron chi connectivity index (χ3n) is 8.67. The summed E-state index contributed by atoms with van der Waals surface area (Å²) in [6.45, 7) is 4.15. The molecule has 5 aliphatic rings. The van der Waals surface area contributed by atoms with Crippen LogP contribution in [-0.4, -0.2) is 27.3 Å². The van der Waals surface area contributed by atoms with Crippen LogP contribution in [0.1, 0.15) is 67.3 Å². The number of aryl methyl sites for hydroxylation is 1. The second-order valence-corrected chi connectivity index (χ2v) is 11.3. The number of aromatic nitrogens is 2. The normalized spacial score (nSPS) is 30.3. The van der Waals surface area contributed by atoms with E-state index in [1.165, 1.54) is 38.5 Å². The van der Waals surface area contributed by atoms with Crippen molar-refractivity contribution in [2.75, 3.05) is 11.9 Å². The van der Waals surface area contributed by atoms with Gasteiger partial charge in [-0.1, -0.05) is 12.1 Å². The van der Waals surface area contributed by atoms with Crippen LogP contribution in [0.25, 0.3) is 0 Å². The summed E-state index contributed by atoms with van der Waals surface area (Å²) in [5.41, 5.74) is 4.07. The Labute approximate surface area is 195 Å². The summed E-state index contributed by atoms with van der Waals surface area (Å²) < 4.78 is 13.6. The zero-order chi connectivity index (χ0) is 22.6. The average Bonchev–Trinajstić information content (AvgIpc) is 2.75. The molecule has 1 aliphatic heterocycles. The molecule has 33 heavy (non-hydrogen) atoms. The van der Waals surface area contributed by atoms with Gasteiger partial charge in [0.2, 0.25) is 5.91 Å². The highest BCUT2D eigenvalue weighted by Gasteiger charge is 2.51. The van der Waals surface area contributed by atoms with Gasteiger partial charge in [-0.15, -0.1) is 0 Å². The van der Waals surface area contributed by atoms with Crippen LogP contribution in [0, 0.1) is 35.9 Å². The molecule has 4 aliphatic carbocycles. The number of hydrogen-bond donors (Lipinski definition) is 1. The van der Waals surface area contributed by atoms with E-state index < -0.39 is 0 Å². The molecule has 4 bridgehead atoms. The van der Waals surface area contributed by atoms with Crippen LogP contribution in [0.5, 0.6) is 0 Å². The maximum Gasteiger partial charge on any atom is 0.226 e. The fourth-order valence-corrected chi connectivity index (χ4v) is 7.74. The fraction of sp³-hybridized carbons (Fsp3) is 0.593. The molecule has 2 aromatic rings. The van der Waals surface area contributed by atoms with Gasteiger partial charge in [-0.05, 0) is 92.2 Å². The summed E-state index contributed by atoms with van der Waals surface area (Å²) in [5, 5.41) is 3.17. The Morgan fingerprint density at radius 2 is 1.88 bits per heavy atom. The van der Waals surface area contributed by atoms with Crippen molar-refractivity contribution in [1.82, 2.24) is 14.9 Å². The highest BCUT2D eigenvalue weighted by molar-refractivity contribution is 5.91. The number of fused-ring (bicyclic) bond motifs is 1. The SMILES string of the molecule is Cc1cc(CN2CCc3c(ncnc3NC(=O)CC34CC5CC(CC(C5)C3)C4)C2)ccc1F. The molecule has 6 heteroatoms. The highest BCUT2D eigenvalue weighted by atomic mass is 19.1. The average molecular weight is 449 g/mol. The number of anilines is 1. The van der Waals surface area contributed by atoms with Gasteiger partial charge < -0.3 is 5.32 Å². The van der Waals surface area contributed by atoms with Crippen molar-refractivity contribution in [2.24, 2.45) is 23.2 Å². The van der Waals surface area contributed by atoms with Gasteiger partial charge in [0.15, 0.2) is 0 Å². The monoisotopic (exact) mass is 448 g/mol. The van der Waals surface area contributed by atoms with E-state index in [0.29, 0.717) is 24.3 Å². The number of amides is 1. The van der Waals surface area contributed by atoms with Crippen LogP contribution in [0.15, 0.2) is 24.5 Å². The maximum atomic E-state index is 13.6. The van der Waals surface area contributed by atoms with Gasteiger partial charge in [0.25, 0.3) is 0 Å². The molecule has 4 fully saturated rings. The lowest BCUT2D eigenvalue weighted by Crippen LogP contribution is -2.47. The van der Waals surface area contributed by atoms with Crippen LogP contribution in [-0.2, 0) is 24.3 Å². The van der Waals surface area contributed by atoms with Gasteiger partial charge in [-0.25, -0.2) is 14.4 Å². The van der Waals surface area contributed by atoms with Crippen LogP contribution < -0.4 is 5.32 Å². The molecular weight excluding hydrogens is 415 g/mol. The van der Waals surface area contributed by atoms with E-state index in [2.05, 4.69) is 20.2 Å². The van der Waals surface area contributed by atoms with E-state index in [0.717, 1.165) is 54.1 Å². The van der Waals surface area contributed by atoms with Crippen molar-refractivity contribution in [1.29, 1.82) is 0 Å². The van der Waals surface area contributed by atoms with Crippen LogP contribution >= 0.6 is 0 Å². The molecule has 5 nitrogen and oxygen atoms in total. The molecule has 2 heterocycles. The number of carbonyl (C=O) groups is 1. The van der Waals surface area contributed by atoms with E-state index >= 15 is 0 Å². The first-order valence-electron chi connectivity index (χ1n) is 12.5. The van der Waals surface area contributed by atoms with Crippen molar-refractivity contribution in [3.63, 3.8) is 0 Å². The minimum Gasteiger partial charge on any atom is -0.310 e. The Morgan fingerprint density at radius 3 is 2.58 bits per heavy atom. The second kappa shape index (κ2) is 8.15. The Balaban J connectivity index is 1.12. The predicted octanol–water partition coefficient (Wildman–Crippen LogP) is 5.03. The summed E-state index contributed by atoms with van der Waals surface area (Å²) >= 11 is 0. The van der Waals surface area contributed by atoms with E-state index in [-0.39, 0.29) is 17.1 Å². The van der Waals surface area contributed by atoms with Crippen LogP contribution in [0.2, 0.25) is 0 Å². The van der Waals surface area contributed by atoms with E-state index in [9.17, 15) is 9.18 Å². The lowest BCUT2D eigenvalue weighted by atomic mass is 9.49.